The number of hydrogen-bond acceptors (Lipinski definition) is 5. The highest BCUT2D eigenvalue weighted by Gasteiger charge is 2.17. The first-order chi connectivity index (χ1) is 15.0. The number of fused-ring (bicyclic) bond motifs is 1. The molecule has 1 aliphatic rings. The Kier molecular flexibility index (Phi) is 6.46. The SMILES string of the molecule is CN(C)C(=O)Cn1c(SCC(=O)Nc2ccc(N3CCCC3)cc2)nc2ccccc21. The number of thioether (sulfide) groups is 1. The van der Waals surface area contributed by atoms with E-state index in [1.54, 1.807) is 19.0 Å². The van der Waals surface area contributed by atoms with Crippen LogP contribution in [0.2, 0.25) is 0 Å². The molecular formula is C23H27N5O2S. The number of hydrogen-bond donors (Lipinski definition) is 1. The predicted octanol–water partition coefficient (Wildman–Crippen LogP) is 3.46. The molecule has 3 aromatic rings. The molecule has 0 aliphatic carbocycles. The van der Waals surface area contributed by atoms with Gasteiger partial charge >= 0.3 is 0 Å². The minimum absolute atomic E-state index is 0.0208. The number of rotatable bonds is 7. The van der Waals surface area contributed by atoms with E-state index in [1.165, 1.54) is 30.3 Å². The summed E-state index contributed by atoms with van der Waals surface area (Å²) in [5.74, 6) is 0.0943. The smallest absolute Gasteiger partial charge is 0.242 e. The summed E-state index contributed by atoms with van der Waals surface area (Å²) >= 11 is 1.34. The molecule has 1 N–H and O–H groups in total. The van der Waals surface area contributed by atoms with Crippen molar-refractivity contribution in [3.63, 3.8) is 0 Å². The molecule has 0 spiro atoms. The molecule has 31 heavy (non-hydrogen) atoms. The van der Waals surface area contributed by atoms with E-state index in [0.717, 1.165) is 29.8 Å². The highest BCUT2D eigenvalue weighted by molar-refractivity contribution is 7.99. The van der Waals surface area contributed by atoms with Gasteiger partial charge in [-0.15, -0.1) is 0 Å². The van der Waals surface area contributed by atoms with Crippen molar-refractivity contribution < 1.29 is 9.59 Å². The van der Waals surface area contributed by atoms with E-state index in [-0.39, 0.29) is 24.1 Å². The van der Waals surface area contributed by atoms with Crippen LogP contribution in [-0.4, -0.2) is 59.2 Å². The van der Waals surface area contributed by atoms with Crippen LogP contribution in [0.4, 0.5) is 11.4 Å². The summed E-state index contributed by atoms with van der Waals surface area (Å²) in [4.78, 5) is 33.4. The van der Waals surface area contributed by atoms with E-state index < -0.39 is 0 Å². The van der Waals surface area contributed by atoms with Crippen molar-refractivity contribution in [3.8, 4) is 0 Å². The largest absolute Gasteiger partial charge is 0.372 e. The molecule has 0 unspecified atom stereocenters. The van der Waals surface area contributed by atoms with Crippen LogP contribution in [0.3, 0.4) is 0 Å². The fraction of sp³-hybridized carbons (Fsp3) is 0.348. The average molecular weight is 438 g/mol. The van der Waals surface area contributed by atoms with Gasteiger partial charge in [0, 0.05) is 38.6 Å². The van der Waals surface area contributed by atoms with Crippen LogP contribution in [0.1, 0.15) is 12.8 Å². The van der Waals surface area contributed by atoms with E-state index in [1.807, 2.05) is 41.0 Å². The van der Waals surface area contributed by atoms with Gasteiger partial charge in [0.05, 0.1) is 16.8 Å². The van der Waals surface area contributed by atoms with Crippen LogP contribution in [0.25, 0.3) is 11.0 Å². The maximum atomic E-state index is 12.5. The van der Waals surface area contributed by atoms with E-state index in [2.05, 4.69) is 27.3 Å². The number of imidazole rings is 1. The number of para-hydroxylation sites is 2. The van der Waals surface area contributed by atoms with Crippen LogP contribution in [-0.2, 0) is 16.1 Å². The Labute approximate surface area is 186 Å². The van der Waals surface area contributed by atoms with E-state index in [4.69, 9.17) is 0 Å². The number of likely N-dealkylation sites (N-methyl/N-ethyl adjacent to an activating group) is 1. The van der Waals surface area contributed by atoms with Crippen molar-refractivity contribution in [1.29, 1.82) is 0 Å². The number of nitrogens with one attached hydrogen (secondary N) is 1. The molecule has 162 valence electrons. The molecule has 4 rings (SSSR count). The lowest BCUT2D eigenvalue weighted by molar-refractivity contribution is -0.129. The Hall–Kier alpha value is -3.00. The summed E-state index contributed by atoms with van der Waals surface area (Å²) in [6, 6.07) is 15.7. The molecule has 8 heteroatoms. The fourth-order valence-corrected chi connectivity index (χ4v) is 4.47. The number of benzene rings is 2. The Balaban J connectivity index is 1.41. The van der Waals surface area contributed by atoms with E-state index in [9.17, 15) is 9.59 Å². The van der Waals surface area contributed by atoms with Gasteiger partial charge in [0.15, 0.2) is 5.16 Å². The van der Waals surface area contributed by atoms with Crippen molar-refractivity contribution >= 4 is 46.0 Å². The van der Waals surface area contributed by atoms with Crippen molar-refractivity contribution in [2.75, 3.05) is 43.2 Å². The molecule has 1 fully saturated rings. The Morgan fingerprint density at radius 2 is 1.77 bits per heavy atom. The molecule has 0 bridgehead atoms. The lowest BCUT2D eigenvalue weighted by Crippen LogP contribution is -2.26. The molecule has 1 aliphatic heterocycles. The standard InChI is InChI=1S/C23H27N5O2S/c1-26(2)22(30)15-28-20-8-4-3-7-19(20)25-23(28)31-16-21(29)24-17-9-11-18(12-10-17)27-13-5-6-14-27/h3-4,7-12H,5-6,13-16H2,1-2H3,(H,24,29). The molecular weight excluding hydrogens is 410 g/mol. The summed E-state index contributed by atoms with van der Waals surface area (Å²) in [5.41, 5.74) is 3.68. The number of aromatic nitrogens is 2. The van der Waals surface area contributed by atoms with Gasteiger partial charge in [-0.2, -0.15) is 0 Å². The van der Waals surface area contributed by atoms with Gasteiger partial charge in [0.2, 0.25) is 11.8 Å². The zero-order valence-electron chi connectivity index (χ0n) is 17.9. The highest BCUT2D eigenvalue weighted by atomic mass is 32.2. The summed E-state index contributed by atoms with van der Waals surface area (Å²) in [5, 5.41) is 3.61. The molecule has 1 aromatic heterocycles. The number of carbonyl (C=O) groups is 2. The van der Waals surface area contributed by atoms with E-state index in [0.29, 0.717) is 5.16 Å². The van der Waals surface area contributed by atoms with Crippen molar-refractivity contribution in [2.45, 2.75) is 24.5 Å². The van der Waals surface area contributed by atoms with Crippen LogP contribution in [0.15, 0.2) is 53.7 Å². The first kappa shape index (κ1) is 21.2. The monoisotopic (exact) mass is 437 g/mol. The van der Waals surface area contributed by atoms with Gasteiger partial charge in [-0.3, -0.25) is 9.59 Å². The van der Waals surface area contributed by atoms with Gasteiger partial charge in [-0.05, 0) is 49.2 Å². The van der Waals surface area contributed by atoms with E-state index >= 15 is 0 Å². The molecule has 7 nitrogen and oxygen atoms in total. The Morgan fingerprint density at radius 1 is 1.06 bits per heavy atom. The maximum Gasteiger partial charge on any atom is 0.242 e. The summed E-state index contributed by atoms with van der Waals surface area (Å²) in [6.07, 6.45) is 2.47. The second kappa shape index (κ2) is 9.43. The second-order valence-corrected chi connectivity index (χ2v) is 8.78. The predicted molar refractivity (Wildman–Crippen MR) is 126 cm³/mol. The van der Waals surface area contributed by atoms with Crippen LogP contribution in [0.5, 0.6) is 0 Å². The van der Waals surface area contributed by atoms with Crippen molar-refractivity contribution in [2.24, 2.45) is 0 Å². The van der Waals surface area contributed by atoms with Crippen molar-refractivity contribution in [1.82, 2.24) is 14.5 Å². The van der Waals surface area contributed by atoms with Gasteiger partial charge < -0.3 is 19.7 Å². The topological polar surface area (TPSA) is 70.5 Å². The summed E-state index contributed by atoms with van der Waals surface area (Å²) in [7, 11) is 3.47. The van der Waals surface area contributed by atoms with Crippen LogP contribution >= 0.6 is 11.8 Å². The minimum Gasteiger partial charge on any atom is -0.372 e. The van der Waals surface area contributed by atoms with Crippen molar-refractivity contribution in [3.05, 3.63) is 48.5 Å². The first-order valence-corrected chi connectivity index (χ1v) is 11.4. The number of anilines is 2. The molecule has 0 saturated carbocycles. The van der Waals surface area contributed by atoms with Gasteiger partial charge in [-0.1, -0.05) is 23.9 Å². The molecule has 0 atom stereocenters. The third-order valence-corrected chi connectivity index (χ3v) is 6.34. The van der Waals surface area contributed by atoms with Crippen LogP contribution < -0.4 is 10.2 Å². The molecule has 2 aromatic carbocycles. The molecule has 2 amide bonds. The second-order valence-electron chi connectivity index (χ2n) is 7.84. The lowest BCUT2D eigenvalue weighted by Gasteiger charge is -2.17. The quantitative estimate of drug-likeness (QED) is 0.573. The van der Waals surface area contributed by atoms with Gasteiger partial charge in [0.1, 0.15) is 6.54 Å². The normalized spacial score (nSPS) is 13.5. The molecule has 2 heterocycles. The third kappa shape index (κ3) is 5.02. The highest BCUT2D eigenvalue weighted by Crippen LogP contribution is 2.25. The molecule has 1 saturated heterocycles. The number of amides is 2. The average Bonchev–Trinajstić information content (AvgIpc) is 3.41. The van der Waals surface area contributed by atoms with Gasteiger partial charge in [0.25, 0.3) is 0 Å². The fourth-order valence-electron chi connectivity index (χ4n) is 3.65. The minimum atomic E-state index is -0.100. The number of carbonyl (C=O) groups excluding carboxylic acids is 2. The number of nitrogens with zero attached hydrogens (tertiary/aromatic N) is 4. The van der Waals surface area contributed by atoms with Crippen LogP contribution in [0, 0.1) is 0 Å². The third-order valence-electron chi connectivity index (χ3n) is 5.37. The summed E-state index contributed by atoms with van der Waals surface area (Å²) < 4.78 is 1.88. The maximum absolute atomic E-state index is 12.5. The van der Waals surface area contributed by atoms with Gasteiger partial charge in [-0.25, -0.2) is 4.98 Å². The Morgan fingerprint density at radius 3 is 2.48 bits per heavy atom. The first-order valence-electron chi connectivity index (χ1n) is 10.4. The molecule has 0 radical (unpaired) electrons. The Bertz CT molecular complexity index is 1070. The zero-order valence-corrected chi connectivity index (χ0v) is 18.7. The lowest BCUT2D eigenvalue weighted by atomic mass is 10.2. The zero-order chi connectivity index (χ0) is 21.8. The summed E-state index contributed by atoms with van der Waals surface area (Å²) in [6.45, 7) is 2.38.